The van der Waals surface area contributed by atoms with Gasteiger partial charge in [-0.3, -0.25) is 14.6 Å². The van der Waals surface area contributed by atoms with Crippen molar-refractivity contribution in [3.05, 3.63) is 59.4 Å². The van der Waals surface area contributed by atoms with Crippen LogP contribution in [0.1, 0.15) is 39.1 Å². The molecule has 0 saturated carbocycles. The van der Waals surface area contributed by atoms with E-state index in [1.54, 1.807) is 37.7 Å². The summed E-state index contributed by atoms with van der Waals surface area (Å²) in [6, 6.07) is 9.08. The van der Waals surface area contributed by atoms with Crippen LogP contribution in [-0.2, 0) is 6.42 Å². The summed E-state index contributed by atoms with van der Waals surface area (Å²) in [5.41, 5.74) is 1.95. The maximum absolute atomic E-state index is 12.8. The van der Waals surface area contributed by atoms with Crippen molar-refractivity contribution in [3.8, 4) is 5.75 Å². The van der Waals surface area contributed by atoms with Crippen molar-refractivity contribution < 1.29 is 14.3 Å². The number of aromatic nitrogens is 1. The first-order valence-corrected chi connectivity index (χ1v) is 8.79. The Labute approximate surface area is 152 Å². The number of benzene rings is 1. The first-order valence-electron chi connectivity index (χ1n) is 8.79. The number of carbonyl (C=O) groups is 2. The minimum Gasteiger partial charge on any atom is -0.497 e. The van der Waals surface area contributed by atoms with Crippen molar-refractivity contribution in [2.75, 3.05) is 20.2 Å². The Morgan fingerprint density at radius 3 is 2.81 bits per heavy atom. The second-order valence-corrected chi connectivity index (χ2v) is 6.97. The zero-order valence-corrected chi connectivity index (χ0v) is 14.7. The van der Waals surface area contributed by atoms with Crippen molar-refractivity contribution in [1.29, 1.82) is 0 Å². The Bertz CT molecular complexity index is 853. The summed E-state index contributed by atoms with van der Waals surface area (Å²) < 4.78 is 5.25. The van der Waals surface area contributed by atoms with Gasteiger partial charge in [-0.05, 0) is 49.1 Å². The fraction of sp³-hybridized carbons (Fsp3) is 0.350. The van der Waals surface area contributed by atoms with Crippen LogP contribution < -0.4 is 10.1 Å². The van der Waals surface area contributed by atoms with Gasteiger partial charge in [0.1, 0.15) is 5.75 Å². The molecule has 0 aliphatic carbocycles. The Morgan fingerprint density at radius 1 is 1.23 bits per heavy atom. The molecule has 1 atom stereocenters. The SMILES string of the molecule is COc1ccc2c(c1)C(=O)NC1(CC2)CCN(C(=O)c2ccncc2)C1. The van der Waals surface area contributed by atoms with E-state index in [-0.39, 0.29) is 17.4 Å². The molecule has 1 fully saturated rings. The van der Waals surface area contributed by atoms with Crippen LogP contribution in [0.3, 0.4) is 0 Å². The molecule has 1 spiro atoms. The van der Waals surface area contributed by atoms with E-state index in [0.29, 0.717) is 30.0 Å². The van der Waals surface area contributed by atoms with Crippen molar-refractivity contribution in [2.24, 2.45) is 0 Å². The molecule has 1 aromatic heterocycles. The summed E-state index contributed by atoms with van der Waals surface area (Å²) in [5.74, 6) is 0.576. The number of ether oxygens (including phenoxy) is 1. The van der Waals surface area contributed by atoms with E-state index < -0.39 is 0 Å². The van der Waals surface area contributed by atoms with Crippen LogP contribution in [0.15, 0.2) is 42.7 Å². The molecule has 26 heavy (non-hydrogen) atoms. The zero-order valence-electron chi connectivity index (χ0n) is 14.7. The number of carbonyl (C=O) groups excluding carboxylic acids is 2. The highest BCUT2D eigenvalue weighted by Crippen LogP contribution is 2.32. The van der Waals surface area contributed by atoms with E-state index >= 15 is 0 Å². The van der Waals surface area contributed by atoms with Gasteiger partial charge in [-0.2, -0.15) is 0 Å². The molecule has 6 heteroatoms. The minimum absolute atomic E-state index is 0.0121. The summed E-state index contributed by atoms with van der Waals surface area (Å²) in [5, 5.41) is 3.20. The second kappa shape index (κ2) is 6.44. The van der Waals surface area contributed by atoms with Gasteiger partial charge < -0.3 is 15.0 Å². The Morgan fingerprint density at radius 2 is 2.04 bits per heavy atom. The van der Waals surface area contributed by atoms with Crippen LogP contribution in [0.4, 0.5) is 0 Å². The Balaban J connectivity index is 1.54. The van der Waals surface area contributed by atoms with E-state index in [0.717, 1.165) is 24.8 Å². The van der Waals surface area contributed by atoms with Crippen LogP contribution in [0.5, 0.6) is 5.75 Å². The van der Waals surface area contributed by atoms with Gasteiger partial charge in [-0.15, -0.1) is 0 Å². The maximum Gasteiger partial charge on any atom is 0.254 e. The number of amides is 2. The third kappa shape index (κ3) is 2.92. The molecule has 0 bridgehead atoms. The minimum atomic E-state index is -0.369. The Hall–Kier alpha value is -2.89. The van der Waals surface area contributed by atoms with E-state index in [9.17, 15) is 9.59 Å². The molecule has 3 heterocycles. The molecule has 2 amide bonds. The normalized spacial score (nSPS) is 21.9. The molecule has 1 unspecified atom stereocenters. The third-order valence-electron chi connectivity index (χ3n) is 5.38. The molecule has 1 aromatic carbocycles. The lowest BCUT2D eigenvalue weighted by molar-refractivity contribution is 0.0764. The molecular formula is C20H21N3O3. The highest BCUT2D eigenvalue weighted by molar-refractivity contribution is 5.97. The lowest BCUT2D eigenvalue weighted by atomic mass is 9.91. The molecule has 134 valence electrons. The maximum atomic E-state index is 12.8. The number of likely N-dealkylation sites (tertiary alicyclic amines) is 1. The molecule has 2 aliphatic rings. The zero-order chi connectivity index (χ0) is 18.1. The summed E-state index contributed by atoms with van der Waals surface area (Å²) in [7, 11) is 1.59. The van der Waals surface area contributed by atoms with Gasteiger partial charge in [0.05, 0.1) is 12.6 Å². The first-order chi connectivity index (χ1) is 12.6. The quantitative estimate of drug-likeness (QED) is 0.899. The number of rotatable bonds is 2. The number of aryl methyl sites for hydroxylation is 1. The van der Waals surface area contributed by atoms with Crippen LogP contribution in [0, 0.1) is 0 Å². The first kappa shape index (κ1) is 16.6. The highest BCUT2D eigenvalue weighted by Gasteiger charge is 2.42. The Kier molecular flexibility index (Phi) is 4.11. The molecule has 1 N–H and O–H groups in total. The average Bonchev–Trinajstić information content (AvgIpc) is 3.04. The predicted octanol–water partition coefficient (Wildman–Crippen LogP) is 2.05. The smallest absolute Gasteiger partial charge is 0.254 e. The number of pyridine rings is 1. The topological polar surface area (TPSA) is 71.5 Å². The van der Waals surface area contributed by atoms with E-state index in [2.05, 4.69) is 10.3 Å². The van der Waals surface area contributed by atoms with E-state index in [1.165, 1.54) is 0 Å². The number of fused-ring (bicyclic) bond motifs is 1. The van der Waals surface area contributed by atoms with Gasteiger partial charge in [0, 0.05) is 36.6 Å². The number of nitrogens with one attached hydrogen (secondary N) is 1. The summed E-state index contributed by atoms with van der Waals surface area (Å²) >= 11 is 0. The van der Waals surface area contributed by atoms with Gasteiger partial charge in [-0.25, -0.2) is 0 Å². The largest absolute Gasteiger partial charge is 0.497 e. The predicted molar refractivity (Wildman–Crippen MR) is 96.3 cm³/mol. The van der Waals surface area contributed by atoms with Crippen molar-refractivity contribution in [2.45, 2.75) is 24.8 Å². The number of hydrogen-bond acceptors (Lipinski definition) is 4. The monoisotopic (exact) mass is 351 g/mol. The number of methoxy groups -OCH3 is 1. The molecule has 6 nitrogen and oxygen atoms in total. The lowest BCUT2D eigenvalue weighted by Gasteiger charge is -2.29. The van der Waals surface area contributed by atoms with Crippen molar-refractivity contribution in [1.82, 2.24) is 15.2 Å². The lowest BCUT2D eigenvalue weighted by Crippen LogP contribution is -2.50. The molecule has 0 radical (unpaired) electrons. The summed E-state index contributed by atoms with van der Waals surface area (Å²) in [6.45, 7) is 1.17. The van der Waals surface area contributed by atoms with Crippen molar-refractivity contribution in [3.63, 3.8) is 0 Å². The molecule has 1 saturated heterocycles. The van der Waals surface area contributed by atoms with Crippen molar-refractivity contribution >= 4 is 11.8 Å². The number of nitrogens with zero attached hydrogens (tertiary/aromatic N) is 2. The van der Waals surface area contributed by atoms with Gasteiger partial charge in [-0.1, -0.05) is 6.07 Å². The molecule has 4 rings (SSSR count). The summed E-state index contributed by atoms with van der Waals surface area (Å²) in [6.07, 6.45) is 5.63. The van der Waals surface area contributed by atoms with Gasteiger partial charge in [0.2, 0.25) is 0 Å². The standard InChI is InChI=1S/C20H21N3O3/c1-26-16-3-2-14-4-7-20(22-18(24)17(14)12-16)8-11-23(13-20)19(25)15-5-9-21-10-6-15/h2-3,5-6,9-10,12H,4,7-8,11,13H2,1H3,(H,22,24). The van der Waals surface area contributed by atoms with Crippen LogP contribution >= 0.6 is 0 Å². The van der Waals surface area contributed by atoms with Crippen LogP contribution in [-0.4, -0.2) is 47.4 Å². The fourth-order valence-corrected chi connectivity index (χ4v) is 3.89. The van der Waals surface area contributed by atoms with Crippen LogP contribution in [0.2, 0.25) is 0 Å². The van der Waals surface area contributed by atoms with Crippen LogP contribution in [0.25, 0.3) is 0 Å². The number of hydrogen-bond donors (Lipinski definition) is 1. The highest BCUT2D eigenvalue weighted by atomic mass is 16.5. The van der Waals surface area contributed by atoms with E-state index in [1.807, 2.05) is 17.0 Å². The second-order valence-electron chi connectivity index (χ2n) is 6.97. The average molecular weight is 351 g/mol. The molecule has 2 aliphatic heterocycles. The summed E-state index contributed by atoms with van der Waals surface area (Å²) in [4.78, 5) is 31.3. The molecular weight excluding hydrogens is 330 g/mol. The van der Waals surface area contributed by atoms with Gasteiger partial charge >= 0.3 is 0 Å². The fourth-order valence-electron chi connectivity index (χ4n) is 3.89. The molecule has 2 aromatic rings. The van der Waals surface area contributed by atoms with E-state index in [4.69, 9.17) is 4.74 Å². The van der Waals surface area contributed by atoms with Gasteiger partial charge in [0.25, 0.3) is 11.8 Å². The van der Waals surface area contributed by atoms with Gasteiger partial charge in [0.15, 0.2) is 0 Å². The third-order valence-corrected chi connectivity index (χ3v) is 5.38.